The van der Waals surface area contributed by atoms with Gasteiger partial charge in [0.05, 0.1) is 20.8 Å². The van der Waals surface area contributed by atoms with E-state index in [1.807, 2.05) is 0 Å². The molecule has 20 heavy (non-hydrogen) atoms. The van der Waals surface area contributed by atoms with Gasteiger partial charge in [-0.25, -0.2) is 4.21 Å². The van der Waals surface area contributed by atoms with Crippen molar-refractivity contribution in [3.63, 3.8) is 0 Å². The molecule has 0 saturated heterocycles. The lowest BCUT2D eigenvalue weighted by molar-refractivity contribution is -0.749. The van der Waals surface area contributed by atoms with Crippen LogP contribution in [0.3, 0.4) is 0 Å². The summed E-state index contributed by atoms with van der Waals surface area (Å²) in [5, 5.41) is 21.4. The number of rotatable bonds is 6. The minimum atomic E-state index is -3.28. The monoisotopic (exact) mass is 308 g/mol. The number of benzene rings is 1. The molecule has 0 aliphatic heterocycles. The van der Waals surface area contributed by atoms with Crippen LogP contribution in [0, 0.1) is 25.1 Å². The second-order valence-corrected chi connectivity index (χ2v) is 3.55. The molecule has 0 aliphatic carbocycles. The molecule has 1 unspecified atom stereocenters. The van der Waals surface area contributed by atoms with Crippen molar-refractivity contribution < 1.29 is 32.7 Å². The van der Waals surface area contributed by atoms with Crippen LogP contribution in [-0.4, -0.2) is 23.5 Å². The SMILES string of the molecule is NO[N+](=O)c1cc([N+](=O)[O-])cc([N+](=O)[O-])c1OS(=O)[O-]. The molecule has 108 valence electrons. The molecule has 1 rings (SSSR count). The smallest absolute Gasteiger partial charge is 0.376 e. The molecule has 1 aromatic carbocycles. The van der Waals surface area contributed by atoms with Crippen molar-refractivity contribution in [2.75, 3.05) is 0 Å². The van der Waals surface area contributed by atoms with Gasteiger partial charge in [0.15, 0.2) is 0 Å². The summed E-state index contributed by atoms with van der Waals surface area (Å²) in [6.07, 6.45) is 0. The average molecular weight is 308 g/mol. The van der Waals surface area contributed by atoms with Gasteiger partial charge in [-0.1, -0.05) is 5.90 Å². The van der Waals surface area contributed by atoms with Gasteiger partial charge in [-0.15, -0.1) is 4.94 Å². The van der Waals surface area contributed by atoms with Crippen LogP contribution in [0.15, 0.2) is 12.1 Å². The van der Waals surface area contributed by atoms with Crippen LogP contribution >= 0.6 is 0 Å². The summed E-state index contributed by atoms with van der Waals surface area (Å²) in [4.78, 5) is 33.4. The van der Waals surface area contributed by atoms with Crippen molar-refractivity contribution in [3.8, 4) is 5.75 Å². The zero-order chi connectivity index (χ0) is 15.4. The van der Waals surface area contributed by atoms with Crippen LogP contribution < -0.4 is 10.1 Å². The third-order valence-corrected chi connectivity index (χ3v) is 2.19. The molecule has 0 amide bonds. The quantitative estimate of drug-likeness (QED) is 0.421. The number of hydrogen-bond donors (Lipinski definition) is 1. The minimum absolute atomic E-state index is 0.413. The van der Waals surface area contributed by atoms with Crippen LogP contribution in [0.1, 0.15) is 0 Å². The highest BCUT2D eigenvalue weighted by Crippen LogP contribution is 2.40. The van der Waals surface area contributed by atoms with E-state index in [1.165, 1.54) is 0 Å². The third-order valence-electron chi connectivity index (χ3n) is 1.89. The van der Waals surface area contributed by atoms with E-state index in [0.717, 1.165) is 0 Å². The Morgan fingerprint density at radius 1 is 1.10 bits per heavy atom. The van der Waals surface area contributed by atoms with Gasteiger partial charge in [-0.2, -0.15) is 0 Å². The fraction of sp³-hybridized carbons (Fsp3) is 0. The maximum atomic E-state index is 11.2. The first-order valence-electron chi connectivity index (χ1n) is 4.36. The number of nitro groups is 2. The van der Waals surface area contributed by atoms with E-state index in [-0.39, 0.29) is 0 Å². The van der Waals surface area contributed by atoms with Crippen molar-refractivity contribution in [2.24, 2.45) is 5.90 Å². The lowest BCUT2D eigenvalue weighted by Crippen LogP contribution is -2.12. The van der Waals surface area contributed by atoms with Gasteiger partial charge < -0.3 is 8.74 Å². The maximum absolute atomic E-state index is 11.2. The number of non-ortho nitro benzene ring substituents is 1. The lowest BCUT2D eigenvalue weighted by atomic mass is 10.2. The molecule has 0 radical (unpaired) electrons. The summed E-state index contributed by atoms with van der Waals surface area (Å²) in [7, 11) is 0. The summed E-state index contributed by atoms with van der Waals surface area (Å²) in [6.45, 7) is 0. The Balaban J connectivity index is 3.65. The first-order chi connectivity index (χ1) is 9.27. The van der Waals surface area contributed by atoms with Gasteiger partial charge in [-0.05, 0) is 0 Å². The van der Waals surface area contributed by atoms with Gasteiger partial charge in [0.1, 0.15) is 17.4 Å². The summed E-state index contributed by atoms with van der Waals surface area (Å²) < 4.78 is 25.0. The number of nitrogens with two attached hydrogens (primary N) is 1. The highest BCUT2D eigenvalue weighted by atomic mass is 32.2. The van der Waals surface area contributed by atoms with Crippen LogP contribution in [-0.2, 0) is 16.3 Å². The van der Waals surface area contributed by atoms with E-state index < -0.39 is 48.9 Å². The topological polar surface area (TPSA) is 191 Å². The van der Waals surface area contributed by atoms with E-state index in [2.05, 4.69) is 15.0 Å². The molecule has 2 N–H and O–H groups in total. The Labute approximate surface area is 111 Å². The molecule has 0 heterocycles. The molecular weight excluding hydrogens is 304 g/mol. The Hall–Kier alpha value is -2.71. The molecular formula is C6H4N4O9S. The van der Waals surface area contributed by atoms with Crippen LogP contribution in [0.2, 0.25) is 0 Å². The first kappa shape index (κ1) is 15.3. The summed E-state index contributed by atoms with van der Waals surface area (Å²) in [5.41, 5.74) is -2.96. The number of nitro benzene ring substituents is 2. The second kappa shape index (κ2) is 5.95. The van der Waals surface area contributed by atoms with Crippen molar-refractivity contribution in [1.29, 1.82) is 0 Å². The average Bonchev–Trinajstić information content (AvgIpc) is 2.36. The van der Waals surface area contributed by atoms with Gasteiger partial charge in [0, 0.05) is 0 Å². The molecule has 1 aromatic rings. The Morgan fingerprint density at radius 3 is 2.05 bits per heavy atom. The third kappa shape index (κ3) is 3.19. The van der Waals surface area contributed by atoms with Crippen LogP contribution in [0.5, 0.6) is 5.75 Å². The van der Waals surface area contributed by atoms with E-state index >= 15 is 0 Å². The van der Waals surface area contributed by atoms with E-state index in [9.17, 15) is 33.9 Å². The minimum Gasteiger partial charge on any atom is -0.740 e. The van der Waals surface area contributed by atoms with E-state index in [1.54, 1.807) is 0 Å². The molecule has 14 heteroatoms. The molecule has 0 fully saturated rings. The lowest BCUT2D eigenvalue weighted by Gasteiger charge is -2.06. The van der Waals surface area contributed by atoms with Crippen molar-refractivity contribution in [1.82, 2.24) is 0 Å². The van der Waals surface area contributed by atoms with E-state index in [0.29, 0.717) is 12.1 Å². The molecule has 0 aliphatic rings. The predicted octanol–water partition coefficient (Wildman–Crippen LogP) is -0.108. The molecule has 1 atom stereocenters. The summed E-state index contributed by atoms with van der Waals surface area (Å²) in [6, 6.07) is 0.908. The Morgan fingerprint density at radius 2 is 1.65 bits per heavy atom. The van der Waals surface area contributed by atoms with Gasteiger partial charge in [-0.3, -0.25) is 20.2 Å². The van der Waals surface area contributed by atoms with Crippen LogP contribution in [0.4, 0.5) is 17.1 Å². The molecule has 13 nitrogen and oxygen atoms in total. The normalized spacial score (nSPS) is 11.5. The highest BCUT2D eigenvalue weighted by molar-refractivity contribution is 7.74. The highest BCUT2D eigenvalue weighted by Gasteiger charge is 2.36. The summed E-state index contributed by atoms with van der Waals surface area (Å²) in [5.74, 6) is 3.45. The van der Waals surface area contributed by atoms with Crippen molar-refractivity contribution in [2.45, 2.75) is 0 Å². The largest absolute Gasteiger partial charge is 0.740 e. The van der Waals surface area contributed by atoms with Gasteiger partial charge in [0.2, 0.25) is 0 Å². The fourth-order valence-electron chi connectivity index (χ4n) is 1.17. The first-order valence-corrected chi connectivity index (χ1v) is 5.36. The van der Waals surface area contributed by atoms with Crippen LogP contribution in [0.25, 0.3) is 0 Å². The maximum Gasteiger partial charge on any atom is 0.376 e. The molecule has 0 spiro atoms. The standard InChI is InChI=1S/C6H4N4O9S/c7-19-10(15)5-2-3(8(11)12)1-4(9(13)14)6(5)18-20(16)17/h1-2H,7H2. The Bertz CT molecular complexity index is 617. The zero-order valence-electron chi connectivity index (χ0n) is 9.16. The molecule has 0 bridgehead atoms. The van der Waals surface area contributed by atoms with E-state index in [4.69, 9.17) is 0 Å². The van der Waals surface area contributed by atoms with Gasteiger partial charge in [0.25, 0.3) is 16.4 Å². The fourth-order valence-corrected chi connectivity index (χ4v) is 1.48. The number of hydrogen-bond acceptors (Lipinski definition) is 10. The van der Waals surface area contributed by atoms with Gasteiger partial charge >= 0.3 is 11.4 Å². The van der Waals surface area contributed by atoms with Crippen molar-refractivity contribution in [3.05, 3.63) is 37.3 Å². The summed E-state index contributed by atoms with van der Waals surface area (Å²) >= 11 is -3.28. The predicted molar refractivity (Wildman–Crippen MR) is 57.9 cm³/mol. The zero-order valence-corrected chi connectivity index (χ0v) is 9.97. The number of nitrogens with zero attached hydrogens (tertiary/aromatic N) is 3. The molecule has 0 aromatic heterocycles. The second-order valence-electron chi connectivity index (χ2n) is 2.98. The molecule has 0 saturated carbocycles. The van der Waals surface area contributed by atoms with Crippen molar-refractivity contribution >= 4 is 28.4 Å². The Kier molecular flexibility index (Phi) is 4.57.